The third-order valence-corrected chi connectivity index (χ3v) is 4.83. The van der Waals surface area contributed by atoms with Crippen molar-refractivity contribution >= 4 is 29.0 Å². The van der Waals surface area contributed by atoms with E-state index in [1.165, 1.54) is 4.90 Å². The summed E-state index contributed by atoms with van der Waals surface area (Å²) in [6.45, 7) is 1.57. The number of hydrogen-bond donors (Lipinski definition) is 1. The molecule has 0 fully saturated rings. The van der Waals surface area contributed by atoms with E-state index in [9.17, 15) is 14.7 Å². The monoisotopic (exact) mass is 353 g/mol. The quantitative estimate of drug-likeness (QED) is 0.679. The Morgan fingerprint density at radius 1 is 1.28 bits per heavy atom. The molecule has 2 aromatic rings. The summed E-state index contributed by atoms with van der Waals surface area (Å²) in [5.41, 5.74) is -0.649. The lowest BCUT2D eigenvalue weighted by Crippen LogP contribution is -2.47. The summed E-state index contributed by atoms with van der Waals surface area (Å²) < 4.78 is 0. The second-order valence-electron chi connectivity index (χ2n) is 5.97. The minimum absolute atomic E-state index is 0.0278. The summed E-state index contributed by atoms with van der Waals surface area (Å²) in [6.07, 6.45) is 5.35. The Morgan fingerprint density at radius 2 is 1.92 bits per heavy atom. The Morgan fingerprint density at radius 3 is 2.56 bits per heavy atom. The molecule has 5 heteroatoms. The number of ketones is 1. The van der Waals surface area contributed by atoms with Gasteiger partial charge in [0.15, 0.2) is 11.4 Å². The third kappa shape index (κ3) is 2.62. The molecular weight excluding hydrogens is 338 g/mol. The van der Waals surface area contributed by atoms with Gasteiger partial charge >= 0.3 is 0 Å². The fraction of sp³-hybridized carbons (Fsp3) is 0.200. The van der Waals surface area contributed by atoms with E-state index in [2.05, 4.69) is 5.92 Å². The molecule has 4 nitrogen and oxygen atoms in total. The van der Waals surface area contributed by atoms with Crippen LogP contribution in [0.2, 0.25) is 5.02 Å². The van der Waals surface area contributed by atoms with Gasteiger partial charge in [0.25, 0.3) is 5.91 Å². The maximum Gasteiger partial charge on any atom is 0.265 e. The van der Waals surface area contributed by atoms with Crippen LogP contribution >= 0.6 is 11.6 Å². The van der Waals surface area contributed by atoms with E-state index < -0.39 is 17.4 Å². The number of carbonyl (C=O) groups excluding carboxylic acids is 2. The largest absolute Gasteiger partial charge is 0.375 e. The zero-order valence-corrected chi connectivity index (χ0v) is 14.3. The molecule has 0 spiro atoms. The molecule has 0 saturated heterocycles. The second kappa shape index (κ2) is 6.36. The molecule has 0 bridgehead atoms. The van der Waals surface area contributed by atoms with Gasteiger partial charge in [0.05, 0.1) is 18.2 Å². The number of amides is 1. The first kappa shape index (κ1) is 17.2. The van der Waals surface area contributed by atoms with Gasteiger partial charge in [0, 0.05) is 16.1 Å². The van der Waals surface area contributed by atoms with Gasteiger partial charge in [0.2, 0.25) is 0 Å². The zero-order valence-electron chi connectivity index (χ0n) is 13.6. The fourth-order valence-corrected chi connectivity index (χ4v) is 3.31. The van der Waals surface area contributed by atoms with Crippen LogP contribution in [0.1, 0.15) is 22.8 Å². The standard InChI is InChI=1S/C20H16ClNO3/c1-3-12-22-17-7-5-4-6-16(17)20(25,19(22)24)13(2)18(23)14-8-10-15(21)11-9-14/h1,4-11,13,25H,12H2,2H3/t13-,20+/m0/s1. The van der Waals surface area contributed by atoms with Crippen molar-refractivity contribution < 1.29 is 14.7 Å². The summed E-state index contributed by atoms with van der Waals surface area (Å²) in [7, 11) is 0. The van der Waals surface area contributed by atoms with Gasteiger partial charge < -0.3 is 5.11 Å². The summed E-state index contributed by atoms with van der Waals surface area (Å²) in [5.74, 6) is 0.513. The molecule has 1 heterocycles. The number of para-hydroxylation sites is 1. The SMILES string of the molecule is C#CCN1C(=O)[C@@](O)([C@@H](C)C(=O)c2ccc(Cl)cc2)c2ccccc21. The molecule has 25 heavy (non-hydrogen) atoms. The Hall–Kier alpha value is -2.61. The topological polar surface area (TPSA) is 57.6 Å². The van der Waals surface area contributed by atoms with E-state index in [4.69, 9.17) is 18.0 Å². The molecule has 126 valence electrons. The fourth-order valence-electron chi connectivity index (χ4n) is 3.18. The number of rotatable bonds is 4. The molecule has 2 atom stereocenters. The number of carbonyl (C=O) groups is 2. The van der Waals surface area contributed by atoms with E-state index in [0.717, 1.165) is 0 Å². The number of halogens is 1. The van der Waals surface area contributed by atoms with E-state index >= 15 is 0 Å². The summed E-state index contributed by atoms with van der Waals surface area (Å²) in [6, 6.07) is 13.2. The lowest BCUT2D eigenvalue weighted by molar-refractivity contribution is -0.139. The highest BCUT2D eigenvalue weighted by Crippen LogP contribution is 2.45. The van der Waals surface area contributed by atoms with Crippen molar-refractivity contribution in [1.82, 2.24) is 0 Å². The number of terminal acetylenes is 1. The van der Waals surface area contributed by atoms with Crippen molar-refractivity contribution in [3.05, 3.63) is 64.7 Å². The van der Waals surface area contributed by atoms with Crippen LogP contribution in [0.15, 0.2) is 48.5 Å². The van der Waals surface area contributed by atoms with Crippen LogP contribution in [0.4, 0.5) is 5.69 Å². The van der Waals surface area contributed by atoms with Crippen molar-refractivity contribution in [2.75, 3.05) is 11.4 Å². The van der Waals surface area contributed by atoms with Gasteiger partial charge in [-0.25, -0.2) is 0 Å². The number of hydrogen-bond acceptors (Lipinski definition) is 3. The summed E-state index contributed by atoms with van der Waals surface area (Å²) in [4.78, 5) is 27.1. The van der Waals surface area contributed by atoms with E-state index in [0.29, 0.717) is 21.8 Å². The molecule has 0 unspecified atom stereocenters. The predicted molar refractivity (Wildman–Crippen MR) is 96.5 cm³/mol. The van der Waals surface area contributed by atoms with Gasteiger partial charge in [-0.1, -0.05) is 42.6 Å². The molecule has 1 amide bonds. The van der Waals surface area contributed by atoms with Crippen LogP contribution in [0.5, 0.6) is 0 Å². The molecule has 0 aliphatic carbocycles. The highest BCUT2D eigenvalue weighted by molar-refractivity contribution is 6.30. The number of fused-ring (bicyclic) bond motifs is 1. The molecule has 1 aliphatic heterocycles. The lowest BCUT2D eigenvalue weighted by Gasteiger charge is -2.28. The average Bonchev–Trinajstić information content (AvgIpc) is 2.84. The Bertz CT molecular complexity index is 885. The van der Waals surface area contributed by atoms with Gasteiger partial charge in [-0.2, -0.15) is 0 Å². The molecular formula is C20H16ClNO3. The van der Waals surface area contributed by atoms with Crippen LogP contribution in [-0.4, -0.2) is 23.3 Å². The molecule has 0 saturated carbocycles. The predicted octanol–water partition coefficient (Wildman–Crippen LogP) is 3.03. The van der Waals surface area contributed by atoms with Crippen molar-refractivity contribution in [2.45, 2.75) is 12.5 Å². The van der Waals surface area contributed by atoms with Crippen molar-refractivity contribution in [3.63, 3.8) is 0 Å². The van der Waals surface area contributed by atoms with Crippen LogP contribution in [0, 0.1) is 18.3 Å². The van der Waals surface area contributed by atoms with Gasteiger partial charge in [-0.05, 0) is 30.3 Å². The minimum Gasteiger partial charge on any atom is -0.375 e. The normalized spacial score (nSPS) is 20.1. The number of aliphatic hydroxyl groups is 1. The lowest BCUT2D eigenvalue weighted by atomic mass is 9.79. The first-order valence-electron chi connectivity index (χ1n) is 7.78. The first-order valence-corrected chi connectivity index (χ1v) is 8.16. The molecule has 0 radical (unpaired) electrons. The molecule has 1 aliphatic rings. The van der Waals surface area contributed by atoms with Crippen LogP contribution in [-0.2, 0) is 10.4 Å². The van der Waals surface area contributed by atoms with Gasteiger partial charge in [-0.3, -0.25) is 14.5 Å². The number of nitrogens with zero attached hydrogens (tertiary/aromatic N) is 1. The second-order valence-corrected chi connectivity index (χ2v) is 6.41. The van der Waals surface area contributed by atoms with Crippen LogP contribution in [0.3, 0.4) is 0 Å². The highest BCUT2D eigenvalue weighted by atomic mass is 35.5. The Labute approximate surface area is 151 Å². The molecule has 3 rings (SSSR count). The Kier molecular flexibility index (Phi) is 4.38. The van der Waals surface area contributed by atoms with E-state index in [1.807, 2.05) is 0 Å². The third-order valence-electron chi connectivity index (χ3n) is 4.57. The summed E-state index contributed by atoms with van der Waals surface area (Å²) in [5, 5.41) is 11.8. The number of benzene rings is 2. The Balaban J connectivity index is 2.05. The average molecular weight is 354 g/mol. The van der Waals surface area contributed by atoms with E-state index in [1.54, 1.807) is 55.5 Å². The van der Waals surface area contributed by atoms with E-state index in [-0.39, 0.29) is 12.3 Å². The first-order chi connectivity index (χ1) is 11.9. The molecule has 2 aromatic carbocycles. The van der Waals surface area contributed by atoms with Crippen LogP contribution < -0.4 is 4.90 Å². The van der Waals surface area contributed by atoms with Crippen molar-refractivity contribution in [2.24, 2.45) is 5.92 Å². The smallest absolute Gasteiger partial charge is 0.265 e. The summed E-state index contributed by atoms with van der Waals surface area (Å²) >= 11 is 5.85. The molecule has 1 N–H and O–H groups in total. The minimum atomic E-state index is -1.95. The maximum atomic E-state index is 12.9. The van der Waals surface area contributed by atoms with Gasteiger partial charge in [0.1, 0.15) is 0 Å². The zero-order chi connectivity index (χ0) is 18.2. The molecule has 0 aromatic heterocycles. The van der Waals surface area contributed by atoms with Crippen LogP contribution in [0.25, 0.3) is 0 Å². The number of anilines is 1. The number of Topliss-reactive ketones (excluding diaryl/α,β-unsaturated/α-hetero) is 1. The van der Waals surface area contributed by atoms with Gasteiger partial charge in [-0.15, -0.1) is 6.42 Å². The highest BCUT2D eigenvalue weighted by Gasteiger charge is 2.55. The maximum absolute atomic E-state index is 12.9. The van der Waals surface area contributed by atoms with Crippen molar-refractivity contribution in [1.29, 1.82) is 0 Å². The van der Waals surface area contributed by atoms with Crippen molar-refractivity contribution in [3.8, 4) is 12.3 Å².